The second-order valence-electron chi connectivity index (χ2n) is 8.21. The summed E-state index contributed by atoms with van der Waals surface area (Å²) in [4.78, 5) is 29.3. The third-order valence-electron chi connectivity index (χ3n) is 6.85. The molecule has 7 heteroatoms. The average molecular weight is 416 g/mol. The Morgan fingerprint density at radius 3 is 2.44 bits per heavy atom. The summed E-state index contributed by atoms with van der Waals surface area (Å²) in [5, 5.41) is 3.66. The van der Waals surface area contributed by atoms with E-state index in [0.717, 1.165) is 51.6 Å². The van der Waals surface area contributed by atoms with Crippen LogP contribution >= 0.6 is 24.8 Å². The standard InChI is InChI=1S/C20H29N3O2.2ClH/c1-2-20(12-16-4-5-17(20)22-16)19(25)23-9-7-14(8-10-23)11-15-3-6-18(24)21-13-15;;/h3,6,13-14,16-17,22H,2,4-5,7-12H2,1H3,(H,21,24);2*1H/t16-,17+,20+;;/m0../s1. The molecule has 4 heterocycles. The summed E-state index contributed by atoms with van der Waals surface area (Å²) in [6.07, 6.45) is 9.32. The number of nitrogens with zero attached hydrogens (tertiary/aromatic N) is 1. The zero-order chi connectivity index (χ0) is 17.4. The first-order chi connectivity index (χ1) is 12.1. The number of likely N-dealkylation sites (tertiary alicyclic amines) is 1. The van der Waals surface area contributed by atoms with E-state index in [1.54, 1.807) is 6.07 Å². The fourth-order valence-corrected chi connectivity index (χ4v) is 5.33. The number of hydrogen-bond acceptors (Lipinski definition) is 3. The Labute approximate surface area is 173 Å². The number of pyridine rings is 1. The monoisotopic (exact) mass is 415 g/mol. The van der Waals surface area contributed by atoms with Gasteiger partial charge in [0.15, 0.2) is 0 Å². The number of hydrogen-bond donors (Lipinski definition) is 2. The number of amides is 1. The van der Waals surface area contributed by atoms with Crippen LogP contribution in [-0.4, -0.2) is 41.0 Å². The van der Waals surface area contributed by atoms with Gasteiger partial charge in [0, 0.05) is 37.4 Å². The molecular formula is C20H31Cl2N3O2. The highest BCUT2D eigenvalue weighted by molar-refractivity contribution is 5.86. The number of H-pyrrole nitrogens is 1. The fourth-order valence-electron chi connectivity index (χ4n) is 5.33. The molecular weight excluding hydrogens is 385 g/mol. The van der Waals surface area contributed by atoms with Crippen molar-refractivity contribution < 1.29 is 4.79 Å². The minimum atomic E-state index is -0.144. The molecule has 0 spiro atoms. The number of carbonyl (C=O) groups excluding carboxylic acids is 1. The predicted molar refractivity (Wildman–Crippen MR) is 112 cm³/mol. The smallest absolute Gasteiger partial charge is 0.247 e. The van der Waals surface area contributed by atoms with Crippen LogP contribution in [0.4, 0.5) is 0 Å². The Morgan fingerprint density at radius 2 is 1.93 bits per heavy atom. The molecule has 0 unspecified atom stereocenters. The van der Waals surface area contributed by atoms with E-state index >= 15 is 0 Å². The van der Waals surface area contributed by atoms with Crippen LogP contribution < -0.4 is 10.9 Å². The minimum Gasteiger partial charge on any atom is -0.342 e. The molecule has 3 aliphatic heterocycles. The maximum atomic E-state index is 13.3. The van der Waals surface area contributed by atoms with Crippen molar-refractivity contribution >= 4 is 30.7 Å². The van der Waals surface area contributed by atoms with Gasteiger partial charge in [-0.3, -0.25) is 9.59 Å². The molecule has 0 aliphatic carbocycles. The molecule has 0 radical (unpaired) electrons. The Bertz CT molecular complexity index is 682. The first-order valence-electron chi connectivity index (χ1n) is 9.84. The van der Waals surface area contributed by atoms with E-state index in [2.05, 4.69) is 22.1 Å². The highest BCUT2D eigenvalue weighted by atomic mass is 35.5. The van der Waals surface area contributed by atoms with E-state index in [-0.39, 0.29) is 35.8 Å². The van der Waals surface area contributed by atoms with E-state index in [0.29, 0.717) is 23.9 Å². The van der Waals surface area contributed by atoms with E-state index < -0.39 is 0 Å². The first-order valence-corrected chi connectivity index (χ1v) is 9.84. The summed E-state index contributed by atoms with van der Waals surface area (Å²) in [5.74, 6) is 1.00. The van der Waals surface area contributed by atoms with Gasteiger partial charge in [-0.2, -0.15) is 0 Å². The molecule has 0 aromatic carbocycles. The maximum Gasteiger partial charge on any atom is 0.247 e. The van der Waals surface area contributed by atoms with Gasteiger partial charge >= 0.3 is 0 Å². The van der Waals surface area contributed by atoms with Crippen molar-refractivity contribution in [3.05, 3.63) is 34.2 Å². The van der Waals surface area contributed by atoms with Gasteiger partial charge in [0.1, 0.15) is 0 Å². The van der Waals surface area contributed by atoms with Crippen LogP contribution in [0, 0.1) is 11.3 Å². The molecule has 3 aliphatic rings. The lowest BCUT2D eigenvalue weighted by Gasteiger charge is -2.41. The van der Waals surface area contributed by atoms with E-state index in [4.69, 9.17) is 0 Å². The molecule has 3 atom stereocenters. The molecule has 0 saturated carbocycles. The van der Waals surface area contributed by atoms with Crippen molar-refractivity contribution in [2.45, 2.75) is 64.0 Å². The van der Waals surface area contributed by atoms with Crippen molar-refractivity contribution in [1.82, 2.24) is 15.2 Å². The lowest BCUT2D eigenvalue weighted by atomic mass is 9.70. The van der Waals surface area contributed by atoms with Gasteiger partial charge in [-0.25, -0.2) is 0 Å². The molecule has 152 valence electrons. The molecule has 27 heavy (non-hydrogen) atoms. The predicted octanol–water partition coefficient (Wildman–Crippen LogP) is 2.92. The Balaban J connectivity index is 0.00000131. The van der Waals surface area contributed by atoms with Crippen LogP contribution in [0.3, 0.4) is 0 Å². The van der Waals surface area contributed by atoms with Gasteiger partial charge in [0.25, 0.3) is 0 Å². The summed E-state index contributed by atoms with van der Waals surface area (Å²) < 4.78 is 0. The number of rotatable bonds is 4. The summed E-state index contributed by atoms with van der Waals surface area (Å²) in [6.45, 7) is 3.95. The van der Waals surface area contributed by atoms with Crippen LogP contribution in [0.25, 0.3) is 0 Å². The topological polar surface area (TPSA) is 65.2 Å². The van der Waals surface area contributed by atoms with E-state index in [1.165, 1.54) is 12.0 Å². The number of nitrogens with one attached hydrogen (secondary N) is 2. The molecule has 5 nitrogen and oxygen atoms in total. The lowest BCUT2D eigenvalue weighted by molar-refractivity contribution is -0.145. The van der Waals surface area contributed by atoms with Crippen molar-refractivity contribution in [2.24, 2.45) is 11.3 Å². The quantitative estimate of drug-likeness (QED) is 0.794. The third kappa shape index (κ3) is 4.20. The molecule has 1 amide bonds. The van der Waals surface area contributed by atoms with Crippen molar-refractivity contribution in [3.8, 4) is 0 Å². The Hall–Kier alpha value is -1.04. The second-order valence-corrected chi connectivity index (χ2v) is 8.21. The first kappa shape index (κ1) is 22.3. The highest BCUT2D eigenvalue weighted by Crippen LogP contribution is 2.47. The number of halogens is 2. The van der Waals surface area contributed by atoms with Gasteiger partial charge in [0.2, 0.25) is 11.5 Å². The average Bonchev–Trinajstić information content (AvgIpc) is 3.25. The number of carbonyl (C=O) groups is 1. The summed E-state index contributed by atoms with van der Waals surface area (Å²) >= 11 is 0. The van der Waals surface area contributed by atoms with E-state index in [1.807, 2.05) is 12.3 Å². The van der Waals surface area contributed by atoms with Crippen LogP contribution in [0.15, 0.2) is 23.1 Å². The largest absolute Gasteiger partial charge is 0.342 e. The molecule has 3 fully saturated rings. The molecule has 1 aromatic heterocycles. The number of piperidine rings is 1. The number of aromatic amines is 1. The van der Waals surface area contributed by atoms with Crippen LogP contribution in [0.1, 0.15) is 51.0 Å². The number of fused-ring (bicyclic) bond motifs is 2. The Morgan fingerprint density at radius 1 is 1.19 bits per heavy atom. The van der Waals surface area contributed by atoms with Crippen LogP contribution in [0.2, 0.25) is 0 Å². The summed E-state index contributed by atoms with van der Waals surface area (Å²) in [6, 6.07) is 4.48. The summed E-state index contributed by atoms with van der Waals surface area (Å²) in [7, 11) is 0. The van der Waals surface area contributed by atoms with Crippen LogP contribution in [0.5, 0.6) is 0 Å². The van der Waals surface area contributed by atoms with Crippen molar-refractivity contribution in [2.75, 3.05) is 13.1 Å². The lowest BCUT2D eigenvalue weighted by Crippen LogP contribution is -2.52. The van der Waals surface area contributed by atoms with E-state index in [9.17, 15) is 9.59 Å². The van der Waals surface area contributed by atoms with Gasteiger partial charge in [0.05, 0.1) is 5.41 Å². The zero-order valence-electron chi connectivity index (χ0n) is 15.9. The van der Waals surface area contributed by atoms with Crippen molar-refractivity contribution in [1.29, 1.82) is 0 Å². The van der Waals surface area contributed by atoms with Crippen LogP contribution in [-0.2, 0) is 11.2 Å². The fraction of sp³-hybridized carbons (Fsp3) is 0.700. The minimum absolute atomic E-state index is 0. The van der Waals surface area contributed by atoms with Gasteiger partial charge in [-0.05, 0) is 56.4 Å². The molecule has 3 saturated heterocycles. The maximum absolute atomic E-state index is 13.3. The molecule has 2 N–H and O–H groups in total. The second kappa shape index (κ2) is 8.97. The van der Waals surface area contributed by atoms with Gasteiger partial charge < -0.3 is 15.2 Å². The number of aromatic nitrogens is 1. The third-order valence-corrected chi connectivity index (χ3v) is 6.85. The highest BCUT2D eigenvalue weighted by Gasteiger charge is 2.55. The molecule has 2 bridgehead atoms. The summed E-state index contributed by atoms with van der Waals surface area (Å²) in [5.41, 5.74) is 0.995. The normalized spacial score (nSPS) is 29.9. The van der Waals surface area contributed by atoms with Gasteiger partial charge in [-0.1, -0.05) is 13.0 Å². The SMILES string of the molecule is CC[C@@]1(C(=O)N2CCC(Cc3ccc(=O)[nH]c3)CC2)C[C@@H]2CC[C@H]1N2.Cl.Cl. The molecule has 4 rings (SSSR count). The van der Waals surface area contributed by atoms with Crippen molar-refractivity contribution in [3.63, 3.8) is 0 Å². The molecule has 1 aromatic rings. The van der Waals surface area contributed by atoms with Gasteiger partial charge in [-0.15, -0.1) is 24.8 Å². The zero-order valence-corrected chi connectivity index (χ0v) is 17.5. The Kier molecular flexibility index (Phi) is 7.40.